The van der Waals surface area contributed by atoms with Crippen molar-refractivity contribution in [2.24, 2.45) is 0 Å². The summed E-state index contributed by atoms with van der Waals surface area (Å²) in [7, 11) is 0. The topological polar surface area (TPSA) is 49.4 Å². The van der Waals surface area contributed by atoms with Crippen molar-refractivity contribution in [3.63, 3.8) is 0 Å². The third kappa shape index (κ3) is 6.91. The molecule has 1 N–H and O–H groups in total. The molecule has 1 saturated carbocycles. The zero-order valence-electron chi connectivity index (χ0n) is 18.6. The van der Waals surface area contributed by atoms with Crippen LogP contribution in [0.15, 0.2) is 48.5 Å². The summed E-state index contributed by atoms with van der Waals surface area (Å²) in [6, 6.07) is 13.9. The molecule has 1 aliphatic rings. The summed E-state index contributed by atoms with van der Waals surface area (Å²) in [4.78, 5) is 27.7. The van der Waals surface area contributed by atoms with Crippen LogP contribution in [0.3, 0.4) is 0 Å². The minimum Gasteiger partial charge on any atom is -0.352 e. The predicted octanol–water partition coefficient (Wildman–Crippen LogP) is 4.93. The lowest BCUT2D eigenvalue weighted by molar-refractivity contribution is -0.141. The lowest BCUT2D eigenvalue weighted by atomic mass is 9.95. The van der Waals surface area contributed by atoms with E-state index < -0.39 is 6.04 Å². The van der Waals surface area contributed by atoms with Crippen molar-refractivity contribution in [1.82, 2.24) is 10.2 Å². The van der Waals surface area contributed by atoms with Crippen molar-refractivity contribution in [2.75, 3.05) is 0 Å². The van der Waals surface area contributed by atoms with Crippen molar-refractivity contribution in [1.29, 1.82) is 0 Å². The van der Waals surface area contributed by atoms with E-state index in [9.17, 15) is 14.0 Å². The fourth-order valence-electron chi connectivity index (χ4n) is 4.09. The summed E-state index contributed by atoms with van der Waals surface area (Å²) in [5.74, 6) is -0.502. The van der Waals surface area contributed by atoms with Gasteiger partial charge in [0.1, 0.15) is 11.9 Å². The molecule has 0 aromatic heterocycles. The molecule has 3 rings (SSSR count). The van der Waals surface area contributed by atoms with Crippen LogP contribution in [0.2, 0.25) is 0 Å². The molecule has 0 aliphatic heterocycles. The predicted molar refractivity (Wildman–Crippen MR) is 121 cm³/mol. The molecule has 0 saturated heterocycles. The van der Waals surface area contributed by atoms with Crippen molar-refractivity contribution in [3.8, 4) is 0 Å². The van der Waals surface area contributed by atoms with Gasteiger partial charge in [0.05, 0.1) is 0 Å². The van der Waals surface area contributed by atoms with Crippen LogP contribution >= 0.6 is 0 Å². The highest BCUT2D eigenvalue weighted by atomic mass is 19.1. The van der Waals surface area contributed by atoms with Crippen molar-refractivity contribution in [2.45, 2.75) is 77.4 Å². The van der Waals surface area contributed by atoms with Crippen LogP contribution in [0.5, 0.6) is 0 Å². The van der Waals surface area contributed by atoms with Gasteiger partial charge in [0.25, 0.3) is 0 Å². The van der Waals surface area contributed by atoms with Crippen molar-refractivity contribution >= 4 is 11.8 Å². The number of halogens is 1. The third-order valence-electron chi connectivity index (χ3n) is 6.13. The first-order valence-corrected chi connectivity index (χ1v) is 11.3. The standard InChI is InChI=1S/C26H33FN2O2/c1-19-8-10-21(11-9-19)14-17-25(30)29(18-22-12-15-23(27)16-13-22)20(2)26(31)28-24-6-4-3-5-7-24/h8-13,15-16,20,24H,3-7,14,17-18H2,1-2H3,(H,28,31)/t20-/m0/s1. The molecule has 0 heterocycles. The first kappa shape index (κ1) is 23.0. The van der Waals surface area contributed by atoms with Gasteiger partial charge in [0, 0.05) is 19.0 Å². The Bertz CT molecular complexity index is 858. The molecule has 0 radical (unpaired) electrons. The molecule has 1 aliphatic carbocycles. The number of carbonyl (C=O) groups excluding carboxylic acids is 2. The van der Waals surface area contributed by atoms with E-state index >= 15 is 0 Å². The highest BCUT2D eigenvalue weighted by Gasteiger charge is 2.27. The Hall–Kier alpha value is -2.69. The number of benzene rings is 2. The van der Waals surface area contributed by atoms with E-state index in [-0.39, 0.29) is 30.2 Å². The summed E-state index contributed by atoms with van der Waals surface area (Å²) in [5.41, 5.74) is 3.09. The molecule has 1 atom stereocenters. The molecule has 2 amide bonds. The van der Waals surface area contributed by atoms with Crippen LogP contribution < -0.4 is 5.32 Å². The summed E-state index contributed by atoms with van der Waals surface area (Å²) in [6.07, 6.45) is 6.43. The molecule has 1 fully saturated rings. The number of nitrogens with zero attached hydrogens (tertiary/aromatic N) is 1. The Morgan fingerprint density at radius 1 is 1.00 bits per heavy atom. The quantitative estimate of drug-likeness (QED) is 0.653. The Labute approximate surface area is 184 Å². The van der Waals surface area contributed by atoms with Crippen LogP contribution in [-0.2, 0) is 22.6 Å². The molecule has 0 spiro atoms. The second kappa shape index (κ2) is 11.1. The first-order chi connectivity index (χ1) is 14.9. The maximum atomic E-state index is 13.3. The van der Waals surface area contributed by atoms with Crippen molar-refractivity contribution in [3.05, 3.63) is 71.0 Å². The number of aryl methyl sites for hydroxylation is 2. The molecule has 5 heteroatoms. The number of hydrogen-bond acceptors (Lipinski definition) is 2. The van der Waals surface area contributed by atoms with Gasteiger partial charge in [-0.3, -0.25) is 9.59 Å². The van der Waals surface area contributed by atoms with E-state index in [1.807, 2.05) is 31.2 Å². The second-order valence-corrected chi connectivity index (χ2v) is 8.65. The third-order valence-corrected chi connectivity index (χ3v) is 6.13. The van der Waals surface area contributed by atoms with E-state index in [2.05, 4.69) is 5.32 Å². The first-order valence-electron chi connectivity index (χ1n) is 11.3. The summed E-state index contributed by atoms with van der Waals surface area (Å²) in [5, 5.41) is 3.14. The summed E-state index contributed by atoms with van der Waals surface area (Å²) in [6.45, 7) is 4.10. The zero-order valence-corrected chi connectivity index (χ0v) is 18.6. The monoisotopic (exact) mass is 424 g/mol. The van der Waals surface area contributed by atoms with Gasteiger partial charge in [-0.1, -0.05) is 61.2 Å². The van der Waals surface area contributed by atoms with E-state index in [0.717, 1.165) is 36.8 Å². The molecule has 0 bridgehead atoms. The largest absolute Gasteiger partial charge is 0.352 e. The minimum atomic E-state index is -0.586. The lowest BCUT2D eigenvalue weighted by Crippen LogP contribution is -2.50. The number of carbonyl (C=O) groups is 2. The van der Waals surface area contributed by atoms with Gasteiger partial charge in [-0.25, -0.2) is 4.39 Å². The highest BCUT2D eigenvalue weighted by Crippen LogP contribution is 2.19. The highest BCUT2D eigenvalue weighted by molar-refractivity contribution is 5.87. The van der Waals surface area contributed by atoms with Gasteiger partial charge in [0.15, 0.2) is 0 Å². The maximum absolute atomic E-state index is 13.3. The van der Waals surface area contributed by atoms with E-state index in [4.69, 9.17) is 0 Å². The van der Waals surface area contributed by atoms with Crippen LogP contribution in [-0.4, -0.2) is 28.8 Å². The zero-order chi connectivity index (χ0) is 22.2. The maximum Gasteiger partial charge on any atom is 0.242 e. The van der Waals surface area contributed by atoms with Gasteiger partial charge in [-0.2, -0.15) is 0 Å². The fraction of sp³-hybridized carbons (Fsp3) is 0.462. The second-order valence-electron chi connectivity index (χ2n) is 8.65. The number of hydrogen-bond donors (Lipinski definition) is 1. The van der Waals surface area contributed by atoms with Gasteiger partial charge in [-0.15, -0.1) is 0 Å². The lowest BCUT2D eigenvalue weighted by Gasteiger charge is -2.31. The van der Waals surface area contributed by atoms with Gasteiger partial charge >= 0.3 is 0 Å². The SMILES string of the molecule is Cc1ccc(CCC(=O)N(Cc2ccc(F)cc2)[C@@H](C)C(=O)NC2CCCCC2)cc1. The van der Waals surface area contributed by atoms with Gasteiger partial charge in [-0.05, 0) is 56.4 Å². The molecular formula is C26H33FN2O2. The van der Waals surface area contributed by atoms with Gasteiger partial charge < -0.3 is 10.2 Å². The van der Waals surface area contributed by atoms with E-state index in [0.29, 0.717) is 12.8 Å². The van der Waals surface area contributed by atoms with Crippen molar-refractivity contribution < 1.29 is 14.0 Å². The summed E-state index contributed by atoms with van der Waals surface area (Å²) >= 11 is 0. The van der Waals surface area contributed by atoms with E-state index in [1.54, 1.807) is 24.0 Å². The van der Waals surface area contributed by atoms with Crippen LogP contribution in [0, 0.1) is 12.7 Å². The molecule has 0 unspecified atom stereocenters. The minimum absolute atomic E-state index is 0.0730. The normalized spacial score (nSPS) is 15.3. The Kier molecular flexibility index (Phi) is 8.21. The smallest absolute Gasteiger partial charge is 0.242 e. The van der Waals surface area contributed by atoms with Crippen LogP contribution in [0.1, 0.15) is 62.1 Å². The number of rotatable bonds is 8. The number of amides is 2. The molecule has 31 heavy (non-hydrogen) atoms. The number of nitrogens with one attached hydrogen (secondary N) is 1. The fourth-order valence-corrected chi connectivity index (χ4v) is 4.09. The molecule has 2 aromatic rings. The average Bonchev–Trinajstić information content (AvgIpc) is 2.78. The Balaban J connectivity index is 1.69. The molecule has 2 aromatic carbocycles. The van der Waals surface area contributed by atoms with Gasteiger partial charge in [0.2, 0.25) is 11.8 Å². The molecule has 166 valence electrons. The molecular weight excluding hydrogens is 391 g/mol. The van der Waals surface area contributed by atoms with E-state index in [1.165, 1.54) is 24.1 Å². The Morgan fingerprint density at radius 2 is 1.61 bits per heavy atom. The van der Waals surface area contributed by atoms with Crippen LogP contribution in [0.4, 0.5) is 4.39 Å². The summed E-state index contributed by atoms with van der Waals surface area (Å²) < 4.78 is 13.3. The van der Waals surface area contributed by atoms with Crippen LogP contribution in [0.25, 0.3) is 0 Å². The Morgan fingerprint density at radius 3 is 2.26 bits per heavy atom. The average molecular weight is 425 g/mol. The molecule has 4 nitrogen and oxygen atoms in total.